The molecule has 1 unspecified atom stereocenters. The van der Waals surface area contributed by atoms with Gasteiger partial charge < -0.3 is 0 Å². The lowest BCUT2D eigenvalue weighted by Gasteiger charge is -2.12. The lowest BCUT2D eigenvalue weighted by Crippen LogP contribution is -1.94. The van der Waals surface area contributed by atoms with Gasteiger partial charge in [-0.15, -0.1) is 0 Å². The first-order chi connectivity index (χ1) is 16.0. The number of pyridine rings is 3. The van der Waals surface area contributed by atoms with Crippen LogP contribution in [0.2, 0.25) is 0 Å². The molecule has 1 aliphatic carbocycles. The van der Waals surface area contributed by atoms with Gasteiger partial charge in [0.2, 0.25) is 0 Å². The second kappa shape index (κ2) is 8.59. The first-order valence-corrected chi connectivity index (χ1v) is 11.4. The summed E-state index contributed by atoms with van der Waals surface area (Å²) in [6, 6.07) is 24.9. The molecular weight excluding hydrogens is 402 g/mol. The van der Waals surface area contributed by atoms with E-state index in [1.807, 2.05) is 36.4 Å². The normalized spacial score (nSPS) is 15.9. The average molecular weight is 430 g/mol. The Morgan fingerprint density at radius 1 is 0.576 bits per heavy atom. The SMILES string of the molecule is CC1=C(C)C(C)C(C)=C1c1ccc(-c2cc(-c3ccccn3)nc(-c3ccccn3)c2)cc1. The highest BCUT2D eigenvalue weighted by atomic mass is 14.8. The predicted octanol–water partition coefficient (Wildman–Crippen LogP) is 7.63. The molecule has 0 amide bonds. The van der Waals surface area contributed by atoms with Crippen molar-refractivity contribution in [2.45, 2.75) is 27.7 Å². The Labute approximate surface area is 195 Å². The zero-order chi connectivity index (χ0) is 22.9. The molecule has 1 atom stereocenters. The van der Waals surface area contributed by atoms with Crippen LogP contribution in [0, 0.1) is 5.92 Å². The fraction of sp³-hybridized carbons (Fsp3) is 0.167. The van der Waals surface area contributed by atoms with Crippen molar-refractivity contribution >= 4 is 5.57 Å². The summed E-state index contributed by atoms with van der Waals surface area (Å²) in [7, 11) is 0. The first-order valence-electron chi connectivity index (χ1n) is 11.4. The fourth-order valence-electron chi connectivity index (χ4n) is 4.62. The number of aromatic nitrogens is 3. The molecule has 33 heavy (non-hydrogen) atoms. The topological polar surface area (TPSA) is 38.7 Å². The molecule has 3 heterocycles. The van der Waals surface area contributed by atoms with Gasteiger partial charge >= 0.3 is 0 Å². The van der Waals surface area contributed by atoms with E-state index >= 15 is 0 Å². The molecule has 4 aromatic rings. The monoisotopic (exact) mass is 429 g/mol. The van der Waals surface area contributed by atoms with Crippen LogP contribution in [-0.4, -0.2) is 15.0 Å². The molecule has 0 bridgehead atoms. The molecule has 1 aromatic carbocycles. The van der Waals surface area contributed by atoms with Gasteiger partial charge in [-0.3, -0.25) is 9.97 Å². The Kier molecular flexibility index (Phi) is 5.47. The Balaban J connectivity index is 1.59. The van der Waals surface area contributed by atoms with Crippen molar-refractivity contribution in [3.05, 3.63) is 107 Å². The minimum absolute atomic E-state index is 0.515. The Morgan fingerprint density at radius 3 is 1.58 bits per heavy atom. The second-order valence-electron chi connectivity index (χ2n) is 8.72. The van der Waals surface area contributed by atoms with Crippen LogP contribution < -0.4 is 0 Å². The van der Waals surface area contributed by atoms with E-state index in [0.717, 1.165) is 33.9 Å². The maximum absolute atomic E-state index is 4.88. The fourth-order valence-corrected chi connectivity index (χ4v) is 4.62. The van der Waals surface area contributed by atoms with Crippen molar-refractivity contribution in [3.8, 4) is 33.9 Å². The maximum atomic E-state index is 4.88. The van der Waals surface area contributed by atoms with Crippen molar-refractivity contribution in [3.63, 3.8) is 0 Å². The molecule has 0 saturated carbocycles. The third kappa shape index (κ3) is 3.91. The summed E-state index contributed by atoms with van der Waals surface area (Å²) in [6.07, 6.45) is 3.60. The van der Waals surface area contributed by atoms with E-state index in [1.54, 1.807) is 12.4 Å². The van der Waals surface area contributed by atoms with Crippen LogP contribution in [0.15, 0.2) is 102 Å². The van der Waals surface area contributed by atoms with E-state index in [2.05, 4.69) is 74.1 Å². The average Bonchev–Trinajstić information content (AvgIpc) is 3.07. The largest absolute Gasteiger partial charge is 0.255 e. The molecule has 0 radical (unpaired) electrons. The van der Waals surface area contributed by atoms with Gasteiger partial charge in [-0.2, -0.15) is 0 Å². The molecule has 1 aliphatic rings. The Bertz CT molecular complexity index is 1310. The predicted molar refractivity (Wildman–Crippen MR) is 136 cm³/mol. The summed E-state index contributed by atoms with van der Waals surface area (Å²) in [5, 5.41) is 0. The van der Waals surface area contributed by atoms with Crippen LogP contribution in [-0.2, 0) is 0 Å². The highest BCUT2D eigenvalue weighted by molar-refractivity contribution is 5.86. The molecule has 5 rings (SSSR count). The van der Waals surface area contributed by atoms with Gasteiger partial charge in [0.05, 0.1) is 22.8 Å². The molecular formula is C30H27N3. The van der Waals surface area contributed by atoms with E-state index in [4.69, 9.17) is 4.98 Å². The number of allylic oxidation sites excluding steroid dienone is 4. The van der Waals surface area contributed by atoms with E-state index in [9.17, 15) is 0 Å². The summed E-state index contributed by atoms with van der Waals surface area (Å²) in [6.45, 7) is 9.05. The first kappa shape index (κ1) is 21.0. The minimum Gasteiger partial charge on any atom is -0.255 e. The van der Waals surface area contributed by atoms with Crippen molar-refractivity contribution in [2.75, 3.05) is 0 Å². The van der Waals surface area contributed by atoms with Crippen molar-refractivity contribution < 1.29 is 0 Å². The third-order valence-corrected chi connectivity index (χ3v) is 6.85. The van der Waals surface area contributed by atoms with E-state index < -0.39 is 0 Å². The molecule has 0 saturated heterocycles. The summed E-state index contributed by atoms with van der Waals surface area (Å²) in [5.41, 5.74) is 12.7. The van der Waals surface area contributed by atoms with Crippen LogP contribution in [0.4, 0.5) is 0 Å². The molecule has 162 valence electrons. The van der Waals surface area contributed by atoms with Gasteiger partial charge in [-0.25, -0.2) is 4.98 Å². The molecule has 0 aliphatic heterocycles. The Hall–Kier alpha value is -3.85. The lowest BCUT2D eigenvalue weighted by molar-refractivity contribution is 0.818. The van der Waals surface area contributed by atoms with E-state index in [1.165, 1.54) is 27.9 Å². The van der Waals surface area contributed by atoms with Gasteiger partial charge in [0.1, 0.15) is 0 Å². The summed E-state index contributed by atoms with van der Waals surface area (Å²) in [5.74, 6) is 0.515. The van der Waals surface area contributed by atoms with Crippen LogP contribution in [0.3, 0.4) is 0 Å². The summed E-state index contributed by atoms with van der Waals surface area (Å²) in [4.78, 5) is 13.9. The quantitative estimate of drug-likeness (QED) is 0.335. The van der Waals surface area contributed by atoms with Crippen LogP contribution >= 0.6 is 0 Å². The standard InChI is InChI=1S/C30H27N3/c1-19-20(2)22(4)30(21(19)3)24-13-11-23(12-14-24)25-17-28(26-9-5-7-15-31-26)33-29(18-25)27-10-6-8-16-32-27/h5-19H,1-4H3. The number of nitrogens with zero attached hydrogens (tertiary/aromatic N) is 3. The zero-order valence-electron chi connectivity index (χ0n) is 19.5. The van der Waals surface area contributed by atoms with Crippen LogP contribution in [0.25, 0.3) is 39.5 Å². The minimum atomic E-state index is 0.515. The lowest BCUT2D eigenvalue weighted by atomic mass is 9.94. The van der Waals surface area contributed by atoms with E-state index in [0.29, 0.717) is 5.92 Å². The van der Waals surface area contributed by atoms with Gasteiger partial charge in [-0.1, -0.05) is 54.5 Å². The second-order valence-corrected chi connectivity index (χ2v) is 8.72. The highest BCUT2D eigenvalue weighted by Crippen LogP contribution is 2.42. The maximum Gasteiger partial charge on any atom is 0.0900 e. The van der Waals surface area contributed by atoms with E-state index in [-0.39, 0.29) is 0 Å². The Morgan fingerprint density at radius 2 is 1.12 bits per heavy atom. The van der Waals surface area contributed by atoms with Crippen molar-refractivity contribution in [1.82, 2.24) is 15.0 Å². The zero-order valence-corrected chi connectivity index (χ0v) is 19.5. The number of rotatable bonds is 4. The molecule has 0 N–H and O–H groups in total. The molecule has 3 heteroatoms. The van der Waals surface area contributed by atoms with Crippen molar-refractivity contribution in [1.29, 1.82) is 0 Å². The van der Waals surface area contributed by atoms with Crippen molar-refractivity contribution in [2.24, 2.45) is 5.92 Å². The number of hydrogen-bond acceptors (Lipinski definition) is 3. The highest BCUT2D eigenvalue weighted by Gasteiger charge is 2.23. The number of hydrogen-bond donors (Lipinski definition) is 0. The van der Waals surface area contributed by atoms with Gasteiger partial charge in [0.15, 0.2) is 0 Å². The molecule has 3 aromatic heterocycles. The summed E-state index contributed by atoms with van der Waals surface area (Å²) < 4.78 is 0. The molecule has 0 fully saturated rings. The van der Waals surface area contributed by atoms with Gasteiger partial charge in [0, 0.05) is 12.4 Å². The molecule has 3 nitrogen and oxygen atoms in total. The third-order valence-electron chi connectivity index (χ3n) is 6.85. The molecule has 0 spiro atoms. The van der Waals surface area contributed by atoms with Gasteiger partial charge in [-0.05, 0) is 90.9 Å². The smallest absolute Gasteiger partial charge is 0.0900 e. The summed E-state index contributed by atoms with van der Waals surface area (Å²) >= 11 is 0. The van der Waals surface area contributed by atoms with Crippen LogP contribution in [0.1, 0.15) is 33.3 Å². The van der Waals surface area contributed by atoms with Gasteiger partial charge in [0.25, 0.3) is 0 Å². The number of benzene rings is 1. The van der Waals surface area contributed by atoms with Crippen LogP contribution in [0.5, 0.6) is 0 Å².